The second-order valence-electron chi connectivity index (χ2n) is 9.26. The van der Waals surface area contributed by atoms with Gasteiger partial charge in [0, 0.05) is 36.3 Å². The first-order valence-electron chi connectivity index (χ1n) is 12.3. The molecule has 7 nitrogen and oxygen atoms in total. The third-order valence-electron chi connectivity index (χ3n) is 7.09. The van der Waals surface area contributed by atoms with E-state index >= 15 is 0 Å². The quantitative estimate of drug-likeness (QED) is 0.280. The van der Waals surface area contributed by atoms with Gasteiger partial charge in [-0.1, -0.05) is 29.8 Å². The van der Waals surface area contributed by atoms with E-state index in [1.807, 2.05) is 30.3 Å². The minimum Gasteiger partial charge on any atom is -0.378 e. The van der Waals surface area contributed by atoms with E-state index in [0.717, 1.165) is 40.8 Å². The Labute approximate surface area is 220 Å². The van der Waals surface area contributed by atoms with Crippen LogP contribution in [-0.4, -0.2) is 46.2 Å². The first-order valence-corrected chi connectivity index (χ1v) is 12.7. The standard InChI is InChI=1S/C29H21ClFN5O2/c30-21-2-1-3-22(31)25(21)28-34-26-18-5-4-16(17-6-8-32-23(15-17)36-10-12-38-13-11-36)14-20(18)24-19(27(26)35-28)7-9-33-29(24)37/h1-9,14-15H,10-13H2,(H,33,37)(H,34,35). The molecule has 0 bridgehead atoms. The van der Waals surface area contributed by atoms with Crippen LogP contribution in [0, 0.1) is 5.82 Å². The molecule has 0 unspecified atom stereocenters. The lowest BCUT2D eigenvalue weighted by Gasteiger charge is -2.28. The summed E-state index contributed by atoms with van der Waals surface area (Å²) in [6.45, 7) is 2.94. The van der Waals surface area contributed by atoms with Gasteiger partial charge in [-0.15, -0.1) is 0 Å². The third-order valence-corrected chi connectivity index (χ3v) is 7.41. The van der Waals surface area contributed by atoms with E-state index in [2.05, 4.69) is 25.9 Å². The zero-order valence-electron chi connectivity index (χ0n) is 20.1. The van der Waals surface area contributed by atoms with Crippen molar-refractivity contribution in [1.82, 2.24) is 19.9 Å². The zero-order chi connectivity index (χ0) is 25.8. The summed E-state index contributed by atoms with van der Waals surface area (Å²) in [6, 6.07) is 16.4. The number of benzene rings is 3. The van der Waals surface area contributed by atoms with Crippen LogP contribution in [0.15, 0.2) is 71.8 Å². The maximum atomic E-state index is 14.7. The van der Waals surface area contributed by atoms with Crippen molar-refractivity contribution in [3.8, 4) is 22.5 Å². The molecule has 0 spiro atoms. The average Bonchev–Trinajstić information content (AvgIpc) is 3.39. The Morgan fingerprint density at radius 3 is 2.66 bits per heavy atom. The Hall–Kier alpha value is -4.27. The number of hydrogen-bond donors (Lipinski definition) is 2. The molecule has 0 saturated carbocycles. The number of rotatable bonds is 3. The van der Waals surface area contributed by atoms with Gasteiger partial charge in [0.15, 0.2) is 0 Å². The van der Waals surface area contributed by atoms with Crippen LogP contribution in [0.25, 0.3) is 55.1 Å². The molecule has 0 aliphatic carbocycles. The van der Waals surface area contributed by atoms with Gasteiger partial charge in [-0.25, -0.2) is 14.4 Å². The summed E-state index contributed by atoms with van der Waals surface area (Å²) >= 11 is 6.34. The van der Waals surface area contributed by atoms with Gasteiger partial charge in [-0.2, -0.15) is 0 Å². The van der Waals surface area contributed by atoms with Gasteiger partial charge in [0.2, 0.25) is 0 Å². The molecule has 188 valence electrons. The summed E-state index contributed by atoms with van der Waals surface area (Å²) in [7, 11) is 0. The largest absolute Gasteiger partial charge is 0.378 e. The molecule has 3 aromatic heterocycles. The zero-order valence-corrected chi connectivity index (χ0v) is 20.8. The van der Waals surface area contributed by atoms with Crippen LogP contribution in [0.1, 0.15) is 0 Å². The molecule has 7 rings (SSSR count). The number of nitrogens with zero attached hydrogens (tertiary/aromatic N) is 3. The first-order chi connectivity index (χ1) is 18.6. The maximum Gasteiger partial charge on any atom is 0.256 e. The summed E-state index contributed by atoms with van der Waals surface area (Å²) in [5.41, 5.74) is 3.22. The molecular weight excluding hydrogens is 505 g/mol. The molecule has 1 fully saturated rings. The number of anilines is 1. The van der Waals surface area contributed by atoms with Gasteiger partial charge in [-0.3, -0.25) is 4.79 Å². The van der Waals surface area contributed by atoms with E-state index in [-0.39, 0.29) is 16.1 Å². The molecular formula is C29H21ClFN5O2. The normalized spacial score (nSPS) is 14.1. The molecule has 2 N–H and O–H groups in total. The number of halogens is 2. The van der Waals surface area contributed by atoms with Crippen molar-refractivity contribution in [3.63, 3.8) is 0 Å². The fourth-order valence-corrected chi connectivity index (χ4v) is 5.51. The summed E-state index contributed by atoms with van der Waals surface area (Å²) in [6.07, 6.45) is 3.41. The Kier molecular flexibility index (Phi) is 5.38. The van der Waals surface area contributed by atoms with Gasteiger partial charge in [0.25, 0.3) is 5.56 Å². The predicted octanol–water partition coefficient (Wildman–Crippen LogP) is 5.92. The lowest BCUT2D eigenvalue weighted by Crippen LogP contribution is -2.36. The summed E-state index contributed by atoms with van der Waals surface area (Å²) in [5, 5.41) is 3.03. The highest BCUT2D eigenvalue weighted by atomic mass is 35.5. The van der Waals surface area contributed by atoms with Crippen molar-refractivity contribution >= 4 is 50.0 Å². The Morgan fingerprint density at radius 2 is 1.82 bits per heavy atom. The van der Waals surface area contributed by atoms with Crippen LogP contribution >= 0.6 is 11.6 Å². The van der Waals surface area contributed by atoms with Crippen molar-refractivity contribution < 1.29 is 9.13 Å². The number of ether oxygens (including phenoxy) is 1. The van der Waals surface area contributed by atoms with Gasteiger partial charge >= 0.3 is 0 Å². The summed E-state index contributed by atoms with van der Waals surface area (Å²) in [4.78, 5) is 30.7. The Morgan fingerprint density at radius 1 is 0.974 bits per heavy atom. The highest BCUT2D eigenvalue weighted by molar-refractivity contribution is 6.33. The summed E-state index contributed by atoms with van der Waals surface area (Å²) in [5.74, 6) is 0.729. The Bertz CT molecular complexity index is 1910. The number of imidazole rings is 1. The number of pyridine rings is 2. The van der Waals surface area contributed by atoms with Crippen molar-refractivity contribution in [1.29, 1.82) is 0 Å². The summed E-state index contributed by atoms with van der Waals surface area (Å²) < 4.78 is 20.2. The van der Waals surface area contributed by atoms with Crippen molar-refractivity contribution in [2.75, 3.05) is 31.2 Å². The predicted molar refractivity (Wildman–Crippen MR) is 148 cm³/mol. The number of aromatic amines is 2. The van der Waals surface area contributed by atoms with Gasteiger partial charge in [0.1, 0.15) is 17.5 Å². The van der Waals surface area contributed by atoms with E-state index in [4.69, 9.17) is 21.3 Å². The molecule has 1 aliphatic heterocycles. The van der Waals surface area contributed by atoms with Crippen LogP contribution in [0.2, 0.25) is 5.02 Å². The fourth-order valence-electron chi connectivity index (χ4n) is 5.26. The van der Waals surface area contributed by atoms with Gasteiger partial charge < -0.3 is 19.6 Å². The molecule has 38 heavy (non-hydrogen) atoms. The second kappa shape index (κ2) is 8.93. The molecule has 3 aromatic carbocycles. The van der Waals surface area contributed by atoms with Crippen LogP contribution in [0.4, 0.5) is 10.2 Å². The molecule has 1 saturated heterocycles. The van der Waals surface area contributed by atoms with Crippen LogP contribution < -0.4 is 10.5 Å². The van der Waals surface area contributed by atoms with Crippen molar-refractivity contribution in [3.05, 3.63) is 88.2 Å². The minimum absolute atomic E-state index is 0.195. The van der Waals surface area contributed by atoms with E-state index < -0.39 is 5.82 Å². The second-order valence-corrected chi connectivity index (χ2v) is 9.67. The van der Waals surface area contributed by atoms with Crippen molar-refractivity contribution in [2.45, 2.75) is 0 Å². The monoisotopic (exact) mass is 525 g/mol. The lowest BCUT2D eigenvalue weighted by atomic mass is 9.97. The van der Waals surface area contributed by atoms with Crippen molar-refractivity contribution in [2.24, 2.45) is 0 Å². The number of aromatic nitrogens is 4. The lowest BCUT2D eigenvalue weighted by molar-refractivity contribution is 0.122. The number of nitrogens with one attached hydrogen (secondary N) is 2. The topological polar surface area (TPSA) is 86.9 Å². The smallest absolute Gasteiger partial charge is 0.256 e. The Balaban J connectivity index is 1.46. The molecule has 4 heterocycles. The number of fused-ring (bicyclic) bond motifs is 6. The molecule has 1 aliphatic rings. The third kappa shape index (κ3) is 3.64. The number of H-pyrrole nitrogens is 2. The molecule has 9 heteroatoms. The molecule has 0 amide bonds. The van der Waals surface area contributed by atoms with E-state index in [9.17, 15) is 9.18 Å². The van der Waals surface area contributed by atoms with Crippen LogP contribution in [0.5, 0.6) is 0 Å². The fraction of sp³-hybridized carbons (Fsp3) is 0.138. The SMILES string of the molecule is O=c1[nH]ccc2c3[nH]c(-c4c(F)cccc4Cl)nc3c3ccc(-c4ccnc(N5CCOCC5)c4)cc3c12. The minimum atomic E-state index is -0.473. The highest BCUT2D eigenvalue weighted by Crippen LogP contribution is 2.38. The van der Waals surface area contributed by atoms with E-state index in [0.29, 0.717) is 40.8 Å². The van der Waals surface area contributed by atoms with Gasteiger partial charge in [0.05, 0.1) is 40.2 Å². The molecule has 6 aromatic rings. The highest BCUT2D eigenvalue weighted by Gasteiger charge is 2.20. The van der Waals surface area contributed by atoms with Crippen LogP contribution in [-0.2, 0) is 4.74 Å². The van der Waals surface area contributed by atoms with Gasteiger partial charge in [-0.05, 0) is 52.9 Å². The maximum absolute atomic E-state index is 14.7. The molecule has 0 atom stereocenters. The number of hydrogen-bond acceptors (Lipinski definition) is 5. The van der Waals surface area contributed by atoms with E-state index in [1.165, 1.54) is 6.07 Å². The first kappa shape index (κ1) is 22.9. The number of morpholine rings is 1. The molecule has 0 radical (unpaired) electrons. The average molecular weight is 526 g/mol. The van der Waals surface area contributed by atoms with Crippen LogP contribution in [0.3, 0.4) is 0 Å². The van der Waals surface area contributed by atoms with E-state index in [1.54, 1.807) is 24.5 Å².